The lowest BCUT2D eigenvalue weighted by atomic mass is 10.1. The second-order valence-electron chi connectivity index (χ2n) is 18.1. The molecule has 0 fully saturated rings. The van der Waals surface area contributed by atoms with E-state index >= 15 is 0 Å². The largest absolute Gasteiger partial charge is 0.462 e. The average Bonchev–Trinajstić information content (AvgIpc) is 3.30. The Hall–Kier alpha value is -3.15. The monoisotopic (exact) mass is 907 g/mol. The number of allylic oxidation sites excluding steroid dienone is 12. The van der Waals surface area contributed by atoms with Crippen LogP contribution < -0.4 is 0 Å². The number of esters is 3. The highest BCUT2D eigenvalue weighted by molar-refractivity contribution is 5.71. The first-order valence-corrected chi connectivity index (χ1v) is 27.4. The highest BCUT2D eigenvalue weighted by Crippen LogP contribution is 2.14. The third kappa shape index (κ3) is 51.7. The zero-order valence-electron chi connectivity index (χ0n) is 42.7. The lowest BCUT2D eigenvalue weighted by Crippen LogP contribution is -2.30. The lowest BCUT2D eigenvalue weighted by molar-refractivity contribution is -0.167. The molecular formula is C59H102O6. The van der Waals surface area contributed by atoms with Gasteiger partial charge in [0.1, 0.15) is 13.2 Å². The van der Waals surface area contributed by atoms with Gasteiger partial charge in [0.25, 0.3) is 0 Å². The van der Waals surface area contributed by atoms with Gasteiger partial charge in [0.2, 0.25) is 0 Å². The summed E-state index contributed by atoms with van der Waals surface area (Å²) in [6.45, 7) is 6.48. The molecule has 0 aliphatic carbocycles. The fraction of sp³-hybridized carbons (Fsp3) is 0.746. The van der Waals surface area contributed by atoms with Crippen molar-refractivity contribution in [1.29, 1.82) is 0 Å². The molecule has 1 atom stereocenters. The normalized spacial score (nSPS) is 12.6. The number of carbonyl (C=O) groups is 3. The maximum absolute atomic E-state index is 12.8. The molecule has 65 heavy (non-hydrogen) atoms. The number of unbranched alkanes of at least 4 members (excludes halogenated alkanes) is 26. The third-order valence-corrected chi connectivity index (χ3v) is 11.7. The topological polar surface area (TPSA) is 78.9 Å². The standard InChI is InChI=1S/C59H102O6/c1-4-7-10-13-16-19-22-25-28-29-32-34-37-40-43-46-49-52-58(61)64-55-56(65-59(62)53-50-47-44-41-38-35-31-27-24-21-18-15-12-9-6-3)54-63-57(60)51-48-45-42-39-36-33-30-26-23-20-17-14-11-8-5-2/h9,12,16,18-21,23,25,27-28,31,56H,4-8,10-11,13-15,17,22,24,26,29-30,32-55H2,1-3H3/b12-9-,19-16-,21-18-,23-20-,28-25-,31-27-/t56-/m0/s1. The minimum atomic E-state index is -0.789. The summed E-state index contributed by atoms with van der Waals surface area (Å²) >= 11 is 0. The Labute approximate surface area is 402 Å². The van der Waals surface area contributed by atoms with Crippen LogP contribution in [0.2, 0.25) is 0 Å². The molecule has 0 aliphatic rings. The highest BCUT2D eigenvalue weighted by Gasteiger charge is 2.19. The van der Waals surface area contributed by atoms with E-state index in [9.17, 15) is 14.4 Å². The summed E-state index contributed by atoms with van der Waals surface area (Å²) in [6.07, 6.45) is 67.4. The number of hydrogen-bond donors (Lipinski definition) is 0. The number of hydrogen-bond acceptors (Lipinski definition) is 6. The van der Waals surface area contributed by atoms with Crippen LogP contribution >= 0.6 is 0 Å². The summed E-state index contributed by atoms with van der Waals surface area (Å²) < 4.78 is 16.8. The van der Waals surface area contributed by atoms with Gasteiger partial charge in [0.15, 0.2) is 6.10 Å². The molecule has 0 amide bonds. The smallest absolute Gasteiger partial charge is 0.306 e. The molecule has 0 aromatic carbocycles. The van der Waals surface area contributed by atoms with Gasteiger partial charge >= 0.3 is 17.9 Å². The van der Waals surface area contributed by atoms with Crippen molar-refractivity contribution in [2.75, 3.05) is 13.2 Å². The van der Waals surface area contributed by atoms with Gasteiger partial charge in [-0.1, -0.05) is 209 Å². The molecule has 6 nitrogen and oxygen atoms in total. The van der Waals surface area contributed by atoms with E-state index in [4.69, 9.17) is 14.2 Å². The Balaban J connectivity index is 4.42. The zero-order valence-corrected chi connectivity index (χ0v) is 42.7. The highest BCUT2D eigenvalue weighted by atomic mass is 16.6. The molecule has 0 aromatic rings. The van der Waals surface area contributed by atoms with Crippen molar-refractivity contribution in [2.24, 2.45) is 0 Å². The lowest BCUT2D eigenvalue weighted by Gasteiger charge is -2.18. The van der Waals surface area contributed by atoms with Gasteiger partial charge in [-0.2, -0.15) is 0 Å². The minimum absolute atomic E-state index is 0.0871. The van der Waals surface area contributed by atoms with Gasteiger partial charge in [0.05, 0.1) is 0 Å². The second-order valence-corrected chi connectivity index (χ2v) is 18.1. The van der Waals surface area contributed by atoms with Gasteiger partial charge in [-0.3, -0.25) is 14.4 Å². The molecule has 0 aliphatic heterocycles. The van der Waals surface area contributed by atoms with E-state index in [2.05, 4.69) is 93.7 Å². The molecule has 0 rings (SSSR count). The first kappa shape index (κ1) is 61.9. The van der Waals surface area contributed by atoms with Crippen molar-refractivity contribution < 1.29 is 28.6 Å². The van der Waals surface area contributed by atoms with E-state index in [1.54, 1.807) is 0 Å². The quantitative estimate of drug-likeness (QED) is 0.0262. The van der Waals surface area contributed by atoms with Crippen LogP contribution in [0.15, 0.2) is 72.9 Å². The van der Waals surface area contributed by atoms with Crippen LogP contribution in [-0.2, 0) is 28.6 Å². The zero-order chi connectivity index (χ0) is 47.2. The Kier molecular flexibility index (Phi) is 50.9. The summed E-state index contributed by atoms with van der Waals surface area (Å²) in [4.78, 5) is 38.1. The molecule has 0 unspecified atom stereocenters. The van der Waals surface area contributed by atoms with E-state index < -0.39 is 6.10 Å². The third-order valence-electron chi connectivity index (χ3n) is 11.7. The van der Waals surface area contributed by atoms with Crippen molar-refractivity contribution in [2.45, 2.75) is 271 Å². The Morgan fingerprint density at radius 2 is 0.600 bits per heavy atom. The molecule has 0 radical (unpaired) electrons. The molecule has 6 heteroatoms. The fourth-order valence-electron chi connectivity index (χ4n) is 7.54. The van der Waals surface area contributed by atoms with Crippen molar-refractivity contribution in [3.63, 3.8) is 0 Å². The van der Waals surface area contributed by atoms with E-state index in [0.717, 1.165) is 109 Å². The maximum atomic E-state index is 12.8. The summed E-state index contributed by atoms with van der Waals surface area (Å²) in [5.41, 5.74) is 0. The Morgan fingerprint density at radius 3 is 0.985 bits per heavy atom. The van der Waals surface area contributed by atoms with Crippen LogP contribution in [0.3, 0.4) is 0 Å². The van der Waals surface area contributed by atoms with Crippen LogP contribution in [0.1, 0.15) is 265 Å². The van der Waals surface area contributed by atoms with E-state index in [1.807, 2.05) is 0 Å². The molecule has 0 N–H and O–H groups in total. The van der Waals surface area contributed by atoms with E-state index in [1.165, 1.54) is 116 Å². The van der Waals surface area contributed by atoms with Crippen molar-refractivity contribution in [3.05, 3.63) is 72.9 Å². The summed E-state index contributed by atoms with van der Waals surface area (Å²) in [5, 5.41) is 0. The van der Waals surface area contributed by atoms with Crippen molar-refractivity contribution in [3.8, 4) is 0 Å². The predicted molar refractivity (Wildman–Crippen MR) is 279 cm³/mol. The first-order valence-electron chi connectivity index (χ1n) is 27.4. The van der Waals surface area contributed by atoms with Crippen LogP contribution in [0.4, 0.5) is 0 Å². The molecule has 0 aromatic heterocycles. The van der Waals surface area contributed by atoms with Gasteiger partial charge in [-0.15, -0.1) is 0 Å². The minimum Gasteiger partial charge on any atom is -0.462 e. The van der Waals surface area contributed by atoms with Crippen LogP contribution in [-0.4, -0.2) is 37.2 Å². The van der Waals surface area contributed by atoms with Gasteiger partial charge in [-0.25, -0.2) is 0 Å². The molecule has 0 saturated heterocycles. The van der Waals surface area contributed by atoms with Crippen molar-refractivity contribution >= 4 is 17.9 Å². The molecular weight excluding hydrogens is 805 g/mol. The Morgan fingerprint density at radius 1 is 0.323 bits per heavy atom. The number of rotatable bonds is 49. The van der Waals surface area contributed by atoms with Crippen LogP contribution in [0, 0.1) is 0 Å². The van der Waals surface area contributed by atoms with Gasteiger partial charge < -0.3 is 14.2 Å². The first-order chi connectivity index (χ1) is 32.0. The van der Waals surface area contributed by atoms with Gasteiger partial charge in [0, 0.05) is 19.3 Å². The average molecular weight is 907 g/mol. The molecule has 374 valence electrons. The van der Waals surface area contributed by atoms with Gasteiger partial charge in [-0.05, 0) is 109 Å². The summed E-state index contributed by atoms with van der Waals surface area (Å²) in [6, 6.07) is 0. The molecule has 0 saturated carbocycles. The van der Waals surface area contributed by atoms with Crippen LogP contribution in [0.5, 0.6) is 0 Å². The van der Waals surface area contributed by atoms with E-state index in [0.29, 0.717) is 19.3 Å². The maximum Gasteiger partial charge on any atom is 0.306 e. The molecule has 0 heterocycles. The Bertz CT molecular complexity index is 1230. The predicted octanol–water partition coefficient (Wildman–Crippen LogP) is 18.2. The molecule has 0 spiro atoms. The van der Waals surface area contributed by atoms with Crippen molar-refractivity contribution in [1.82, 2.24) is 0 Å². The summed E-state index contributed by atoms with van der Waals surface area (Å²) in [7, 11) is 0. The SMILES string of the molecule is CC/C=C\C/C=C\C/C=C\CCCCCCCC(=O)O[C@H](COC(=O)CCCCCCCCC/C=C\C/C=C\CCCCC)COC(=O)CCCCCCCCC/C=C\CCCCCC. The summed E-state index contributed by atoms with van der Waals surface area (Å²) in [5.74, 6) is -0.911. The fourth-order valence-corrected chi connectivity index (χ4v) is 7.54. The molecule has 0 bridgehead atoms. The second kappa shape index (κ2) is 53.5. The van der Waals surface area contributed by atoms with Crippen LogP contribution in [0.25, 0.3) is 0 Å². The number of carbonyl (C=O) groups excluding carboxylic acids is 3. The number of ether oxygens (including phenoxy) is 3. The van der Waals surface area contributed by atoms with E-state index in [-0.39, 0.29) is 31.1 Å².